The van der Waals surface area contributed by atoms with Crippen molar-refractivity contribution in [3.8, 4) is 0 Å². The molecular formula is C16H31ClN2O. The van der Waals surface area contributed by atoms with Crippen LogP contribution in [0.1, 0.15) is 58.8 Å². The van der Waals surface area contributed by atoms with Crippen LogP contribution in [-0.2, 0) is 4.79 Å². The van der Waals surface area contributed by atoms with Gasteiger partial charge >= 0.3 is 0 Å². The molecule has 2 atom stereocenters. The standard InChI is InChI=1S/C16H30N2O.ClH/c1-12(2)3-4-13-7-9-18(10-8-13)16(19)14-5-6-15(17)11-14;/h12-15H,3-11,17H2,1-2H3;1H. The van der Waals surface area contributed by atoms with Crippen molar-refractivity contribution in [1.29, 1.82) is 0 Å². The summed E-state index contributed by atoms with van der Waals surface area (Å²) in [7, 11) is 0. The maximum Gasteiger partial charge on any atom is 0.225 e. The molecule has 2 aliphatic rings. The molecule has 2 N–H and O–H groups in total. The predicted octanol–water partition coefficient (Wildman–Crippen LogP) is 3.21. The average Bonchev–Trinajstić information content (AvgIpc) is 2.83. The lowest BCUT2D eigenvalue weighted by Crippen LogP contribution is -2.41. The smallest absolute Gasteiger partial charge is 0.225 e. The van der Waals surface area contributed by atoms with Crippen molar-refractivity contribution in [2.75, 3.05) is 13.1 Å². The minimum atomic E-state index is 0. The first kappa shape index (κ1) is 17.8. The van der Waals surface area contributed by atoms with Gasteiger partial charge in [-0.05, 0) is 43.9 Å². The molecule has 0 aromatic heterocycles. The van der Waals surface area contributed by atoms with Crippen molar-refractivity contribution >= 4 is 18.3 Å². The molecule has 0 aromatic rings. The van der Waals surface area contributed by atoms with Crippen LogP contribution in [0.3, 0.4) is 0 Å². The fourth-order valence-corrected chi connectivity index (χ4v) is 3.51. The molecule has 0 bridgehead atoms. The molecule has 1 aliphatic carbocycles. The highest BCUT2D eigenvalue weighted by molar-refractivity contribution is 5.85. The van der Waals surface area contributed by atoms with Crippen molar-refractivity contribution in [2.24, 2.45) is 23.5 Å². The maximum absolute atomic E-state index is 12.4. The van der Waals surface area contributed by atoms with E-state index in [1.54, 1.807) is 0 Å². The van der Waals surface area contributed by atoms with Crippen molar-refractivity contribution in [2.45, 2.75) is 64.8 Å². The number of likely N-dealkylation sites (tertiary alicyclic amines) is 1. The Kier molecular flexibility index (Phi) is 7.32. The van der Waals surface area contributed by atoms with E-state index in [0.29, 0.717) is 5.91 Å². The summed E-state index contributed by atoms with van der Waals surface area (Å²) in [6.07, 6.45) is 8.03. The summed E-state index contributed by atoms with van der Waals surface area (Å²) in [5.41, 5.74) is 5.91. The van der Waals surface area contributed by atoms with E-state index < -0.39 is 0 Å². The van der Waals surface area contributed by atoms with E-state index in [2.05, 4.69) is 18.7 Å². The predicted molar refractivity (Wildman–Crippen MR) is 85.9 cm³/mol. The molecule has 2 fully saturated rings. The van der Waals surface area contributed by atoms with E-state index in [1.807, 2.05) is 0 Å². The van der Waals surface area contributed by atoms with Crippen LogP contribution in [0.15, 0.2) is 0 Å². The summed E-state index contributed by atoms with van der Waals surface area (Å²) in [5.74, 6) is 2.26. The van der Waals surface area contributed by atoms with Gasteiger partial charge in [0.05, 0.1) is 0 Å². The average molecular weight is 303 g/mol. The lowest BCUT2D eigenvalue weighted by molar-refractivity contribution is -0.136. The van der Waals surface area contributed by atoms with Gasteiger partial charge in [-0.25, -0.2) is 0 Å². The summed E-state index contributed by atoms with van der Waals surface area (Å²) < 4.78 is 0. The van der Waals surface area contributed by atoms with Crippen molar-refractivity contribution in [1.82, 2.24) is 4.90 Å². The molecule has 1 saturated carbocycles. The molecule has 20 heavy (non-hydrogen) atoms. The fraction of sp³-hybridized carbons (Fsp3) is 0.938. The summed E-state index contributed by atoms with van der Waals surface area (Å²) in [6.45, 7) is 6.55. The number of rotatable bonds is 4. The molecule has 0 aromatic carbocycles. The molecule has 1 amide bonds. The van der Waals surface area contributed by atoms with Gasteiger partial charge in [0.1, 0.15) is 0 Å². The molecule has 3 nitrogen and oxygen atoms in total. The summed E-state index contributed by atoms with van der Waals surface area (Å²) in [4.78, 5) is 14.5. The molecule has 0 radical (unpaired) electrons. The van der Waals surface area contributed by atoms with Gasteiger partial charge in [-0.3, -0.25) is 4.79 Å². The first-order valence-corrected chi connectivity index (χ1v) is 8.10. The molecule has 1 heterocycles. The Balaban J connectivity index is 0.00000200. The molecule has 2 unspecified atom stereocenters. The molecule has 2 rings (SSSR count). The SMILES string of the molecule is CC(C)CCC1CCN(C(=O)C2CCC(N)C2)CC1.Cl. The number of carbonyl (C=O) groups excluding carboxylic acids is 1. The number of carbonyl (C=O) groups is 1. The van der Waals surface area contributed by atoms with Crippen LogP contribution >= 0.6 is 12.4 Å². The van der Waals surface area contributed by atoms with Crippen molar-refractivity contribution in [3.05, 3.63) is 0 Å². The Morgan fingerprint density at radius 2 is 1.85 bits per heavy atom. The number of halogens is 1. The number of piperidine rings is 1. The molecule has 1 aliphatic heterocycles. The van der Waals surface area contributed by atoms with Gasteiger partial charge in [-0.1, -0.05) is 26.7 Å². The minimum Gasteiger partial charge on any atom is -0.342 e. The van der Waals surface area contributed by atoms with E-state index in [4.69, 9.17) is 5.73 Å². The first-order valence-electron chi connectivity index (χ1n) is 8.10. The highest BCUT2D eigenvalue weighted by atomic mass is 35.5. The number of nitrogens with zero attached hydrogens (tertiary/aromatic N) is 1. The lowest BCUT2D eigenvalue weighted by Gasteiger charge is -2.34. The van der Waals surface area contributed by atoms with E-state index in [0.717, 1.165) is 44.2 Å². The summed E-state index contributed by atoms with van der Waals surface area (Å²) in [5, 5.41) is 0. The highest BCUT2D eigenvalue weighted by Gasteiger charge is 2.32. The van der Waals surface area contributed by atoms with Crippen LogP contribution in [0.4, 0.5) is 0 Å². The van der Waals surface area contributed by atoms with Crippen molar-refractivity contribution in [3.63, 3.8) is 0 Å². The van der Waals surface area contributed by atoms with Gasteiger partial charge in [0.25, 0.3) is 0 Å². The van der Waals surface area contributed by atoms with Crippen LogP contribution in [0, 0.1) is 17.8 Å². The number of hydrogen-bond acceptors (Lipinski definition) is 2. The quantitative estimate of drug-likeness (QED) is 0.867. The zero-order chi connectivity index (χ0) is 13.8. The first-order chi connectivity index (χ1) is 9.06. The van der Waals surface area contributed by atoms with Gasteiger partial charge in [0.15, 0.2) is 0 Å². The van der Waals surface area contributed by atoms with Crippen LogP contribution < -0.4 is 5.73 Å². The zero-order valence-electron chi connectivity index (χ0n) is 13.0. The van der Waals surface area contributed by atoms with E-state index >= 15 is 0 Å². The Morgan fingerprint density at radius 1 is 1.20 bits per heavy atom. The molecule has 118 valence electrons. The minimum absolute atomic E-state index is 0. The second-order valence-electron chi connectivity index (χ2n) is 7.01. The Bertz CT molecular complexity index is 301. The summed E-state index contributed by atoms with van der Waals surface area (Å²) >= 11 is 0. The zero-order valence-corrected chi connectivity index (χ0v) is 13.8. The second kappa shape index (κ2) is 8.23. The van der Waals surface area contributed by atoms with Crippen LogP contribution in [-0.4, -0.2) is 29.9 Å². The highest BCUT2D eigenvalue weighted by Crippen LogP contribution is 2.29. The van der Waals surface area contributed by atoms with Crippen molar-refractivity contribution < 1.29 is 4.79 Å². The number of hydrogen-bond donors (Lipinski definition) is 1. The van der Waals surface area contributed by atoms with Gasteiger partial charge in [-0.2, -0.15) is 0 Å². The monoisotopic (exact) mass is 302 g/mol. The molecule has 1 saturated heterocycles. The van der Waals surface area contributed by atoms with Crippen LogP contribution in [0.25, 0.3) is 0 Å². The van der Waals surface area contributed by atoms with E-state index in [1.165, 1.54) is 25.7 Å². The van der Waals surface area contributed by atoms with Gasteiger partial charge in [0.2, 0.25) is 5.91 Å². The number of nitrogens with two attached hydrogens (primary N) is 1. The normalized spacial score (nSPS) is 27.7. The largest absolute Gasteiger partial charge is 0.342 e. The van der Waals surface area contributed by atoms with Crippen LogP contribution in [0.5, 0.6) is 0 Å². The second-order valence-corrected chi connectivity index (χ2v) is 7.01. The molecule has 4 heteroatoms. The number of amides is 1. The van der Waals surface area contributed by atoms with Gasteiger partial charge in [-0.15, -0.1) is 12.4 Å². The third kappa shape index (κ3) is 4.92. The van der Waals surface area contributed by atoms with Gasteiger partial charge < -0.3 is 10.6 Å². The Labute approximate surface area is 130 Å². The van der Waals surface area contributed by atoms with Crippen LogP contribution in [0.2, 0.25) is 0 Å². The maximum atomic E-state index is 12.4. The Hall–Kier alpha value is -0.280. The lowest BCUT2D eigenvalue weighted by atomic mass is 9.89. The molecular weight excluding hydrogens is 272 g/mol. The topological polar surface area (TPSA) is 46.3 Å². The summed E-state index contributed by atoms with van der Waals surface area (Å²) in [6, 6.07) is 0.262. The van der Waals surface area contributed by atoms with E-state index in [9.17, 15) is 4.79 Å². The molecule has 0 spiro atoms. The third-order valence-corrected chi connectivity index (χ3v) is 4.90. The van der Waals surface area contributed by atoms with E-state index in [-0.39, 0.29) is 24.4 Å². The van der Waals surface area contributed by atoms with Gasteiger partial charge in [0, 0.05) is 25.0 Å². The Morgan fingerprint density at radius 3 is 2.35 bits per heavy atom. The third-order valence-electron chi connectivity index (χ3n) is 4.90. The fourth-order valence-electron chi connectivity index (χ4n) is 3.51.